The summed E-state index contributed by atoms with van der Waals surface area (Å²) in [6, 6.07) is 12.7. The molecule has 1 N–H and O–H groups in total. The van der Waals surface area contributed by atoms with Gasteiger partial charge in [-0.1, -0.05) is 53.2 Å². The summed E-state index contributed by atoms with van der Waals surface area (Å²) >= 11 is 13.4. The van der Waals surface area contributed by atoms with Crippen LogP contribution in [-0.4, -0.2) is 23.0 Å². The first kappa shape index (κ1) is 17.8. The van der Waals surface area contributed by atoms with Gasteiger partial charge in [-0.15, -0.1) is 5.10 Å². The highest BCUT2D eigenvalue weighted by atomic mass is 35.5. The molecule has 2 aromatic carbocycles. The summed E-state index contributed by atoms with van der Waals surface area (Å²) in [6.45, 7) is 0.307. The molecule has 8 heteroatoms. The Kier molecular flexibility index (Phi) is 5.96. The van der Waals surface area contributed by atoms with E-state index in [1.165, 1.54) is 11.8 Å². The molecule has 2 aromatic rings. The summed E-state index contributed by atoms with van der Waals surface area (Å²) in [5.41, 5.74) is 1.61. The monoisotopic (exact) mass is 393 g/mol. The van der Waals surface area contributed by atoms with Crippen molar-refractivity contribution >= 4 is 52.3 Å². The van der Waals surface area contributed by atoms with Gasteiger partial charge < -0.3 is 10.1 Å². The maximum Gasteiger partial charge on any atom is 0.236 e. The molecule has 128 valence electrons. The number of amides is 1. The molecule has 0 saturated carbocycles. The molecule has 5 nitrogen and oxygen atoms in total. The van der Waals surface area contributed by atoms with E-state index in [2.05, 4.69) is 15.5 Å². The molecule has 1 heterocycles. The topological polar surface area (TPSA) is 63.0 Å². The maximum atomic E-state index is 11.1. The normalized spacial score (nSPS) is 15.8. The van der Waals surface area contributed by atoms with Crippen molar-refractivity contribution in [2.24, 2.45) is 10.2 Å². The lowest BCUT2D eigenvalue weighted by Gasteiger charge is -2.10. The minimum Gasteiger partial charge on any atom is -0.488 e. The van der Waals surface area contributed by atoms with Gasteiger partial charge in [-0.05, 0) is 24.3 Å². The van der Waals surface area contributed by atoms with Crippen molar-refractivity contribution in [1.29, 1.82) is 0 Å². The molecular formula is C17H13Cl2N3O2S. The van der Waals surface area contributed by atoms with E-state index in [-0.39, 0.29) is 5.91 Å². The van der Waals surface area contributed by atoms with Crippen LogP contribution >= 0.6 is 35.0 Å². The summed E-state index contributed by atoms with van der Waals surface area (Å²) in [5, 5.41) is 12.2. The third-order valence-electron chi connectivity index (χ3n) is 3.25. The van der Waals surface area contributed by atoms with Crippen molar-refractivity contribution in [2.75, 3.05) is 5.75 Å². The van der Waals surface area contributed by atoms with Crippen molar-refractivity contribution in [3.05, 3.63) is 63.6 Å². The number of hydrogen-bond acceptors (Lipinski definition) is 5. The third-order valence-corrected chi connectivity index (χ3v) is 4.70. The number of rotatable bonds is 5. The average molecular weight is 394 g/mol. The van der Waals surface area contributed by atoms with Crippen molar-refractivity contribution in [1.82, 2.24) is 5.32 Å². The predicted molar refractivity (Wildman–Crippen MR) is 103 cm³/mol. The maximum absolute atomic E-state index is 11.1. The van der Waals surface area contributed by atoms with Crippen LogP contribution in [0, 0.1) is 0 Å². The Hall–Kier alpha value is -2.02. The fourth-order valence-corrected chi connectivity index (χ4v) is 3.13. The van der Waals surface area contributed by atoms with Gasteiger partial charge in [0.2, 0.25) is 5.91 Å². The summed E-state index contributed by atoms with van der Waals surface area (Å²) in [7, 11) is 0. The highest BCUT2D eigenvalue weighted by Crippen LogP contribution is 2.24. The van der Waals surface area contributed by atoms with Crippen LogP contribution in [0.2, 0.25) is 10.0 Å². The Balaban J connectivity index is 1.69. The molecule has 1 amide bonds. The Morgan fingerprint density at radius 1 is 1.24 bits per heavy atom. The number of thioether (sulfide) groups is 1. The van der Waals surface area contributed by atoms with Gasteiger partial charge in [0.25, 0.3) is 0 Å². The molecule has 0 aromatic heterocycles. The van der Waals surface area contributed by atoms with E-state index < -0.39 is 0 Å². The van der Waals surface area contributed by atoms with Crippen LogP contribution in [0.3, 0.4) is 0 Å². The molecule has 3 rings (SSSR count). The van der Waals surface area contributed by atoms with E-state index in [0.29, 0.717) is 33.3 Å². The number of hydrogen-bond donors (Lipinski definition) is 1. The van der Waals surface area contributed by atoms with Crippen LogP contribution in [0.25, 0.3) is 0 Å². The van der Waals surface area contributed by atoms with Gasteiger partial charge in [-0.25, -0.2) is 0 Å². The molecule has 0 unspecified atom stereocenters. The van der Waals surface area contributed by atoms with E-state index in [1.54, 1.807) is 18.3 Å². The molecule has 1 fully saturated rings. The van der Waals surface area contributed by atoms with E-state index in [0.717, 1.165) is 11.1 Å². The van der Waals surface area contributed by atoms with Gasteiger partial charge in [-0.2, -0.15) is 5.10 Å². The van der Waals surface area contributed by atoms with E-state index >= 15 is 0 Å². The highest BCUT2D eigenvalue weighted by Gasteiger charge is 2.16. The fourth-order valence-electron chi connectivity index (χ4n) is 2.04. The number of carbonyl (C=O) groups is 1. The van der Waals surface area contributed by atoms with Crippen molar-refractivity contribution < 1.29 is 9.53 Å². The summed E-state index contributed by atoms with van der Waals surface area (Å²) in [6.07, 6.45) is 1.58. The average Bonchev–Trinajstić information content (AvgIpc) is 3.00. The first-order valence-electron chi connectivity index (χ1n) is 7.31. The second kappa shape index (κ2) is 8.38. The lowest BCUT2D eigenvalue weighted by atomic mass is 10.2. The van der Waals surface area contributed by atoms with Gasteiger partial charge in [-0.3, -0.25) is 4.79 Å². The molecule has 1 saturated heterocycles. The van der Waals surface area contributed by atoms with Crippen molar-refractivity contribution in [3.63, 3.8) is 0 Å². The lowest BCUT2D eigenvalue weighted by molar-refractivity contribution is -0.116. The third kappa shape index (κ3) is 4.98. The first-order valence-corrected chi connectivity index (χ1v) is 9.05. The van der Waals surface area contributed by atoms with Crippen LogP contribution < -0.4 is 10.1 Å². The lowest BCUT2D eigenvalue weighted by Crippen LogP contribution is -2.19. The second-order valence-electron chi connectivity index (χ2n) is 5.05. The van der Waals surface area contributed by atoms with Crippen molar-refractivity contribution in [2.45, 2.75) is 6.61 Å². The van der Waals surface area contributed by atoms with Crippen LogP contribution in [0.4, 0.5) is 0 Å². The molecule has 0 radical (unpaired) electrons. The van der Waals surface area contributed by atoms with E-state index in [4.69, 9.17) is 27.9 Å². The number of nitrogens with one attached hydrogen (secondary N) is 1. The molecule has 1 aliphatic rings. The van der Waals surface area contributed by atoms with Gasteiger partial charge in [0, 0.05) is 21.2 Å². The van der Waals surface area contributed by atoms with Gasteiger partial charge in [0.05, 0.1) is 12.0 Å². The van der Waals surface area contributed by atoms with Crippen LogP contribution in [0.1, 0.15) is 11.1 Å². The molecular weight excluding hydrogens is 381 g/mol. The standard InChI is InChI=1S/C17H13Cl2N3O2S/c18-13-6-5-12(14(19)7-13)9-24-15-4-2-1-3-11(15)8-20-22-17-21-16(23)10-25-17/h1-8H,9-10H2,(H,21,22,23). The van der Waals surface area contributed by atoms with Crippen LogP contribution in [0.5, 0.6) is 5.75 Å². The Labute approximate surface area is 159 Å². The van der Waals surface area contributed by atoms with Gasteiger partial charge in [0.15, 0.2) is 5.17 Å². The number of amidine groups is 1. The molecule has 0 spiro atoms. The molecule has 0 aliphatic carbocycles. The Morgan fingerprint density at radius 3 is 2.84 bits per heavy atom. The molecule has 25 heavy (non-hydrogen) atoms. The molecule has 1 aliphatic heterocycles. The van der Waals surface area contributed by atoms with Gasteiger partial charge in [0.1, 0.15) is 12.4 Å². The summed E-state index contributed by atoms with van der Waals surface area (Å²) < 4.78 is 5.84. The van der Waals surface area contributed by atoms with Gasteiger partial charge >= 0.3 is 0 Å². The quantitative estimate of drug-likeness (QED) is 0.613. The number of para-hydroxylation sites is 1. The zero-order valence-corrected chi connectivity index (χ0v) is 15.2. The summed E-state index contributed by atoms with van der Waals surface area (Å²) in [4.78, 5) is 11.1. The first-order chi connectivity index (χ1) is 12.1. The van der Waals surface area contributed by atoms with Crippen LogP contribution in [-0.2, 0) is 11.4 Å². The number of carbonyl (C=O) groups excluding carboxylic acids is 1. The van der Waals surface area contributed by atoms with Crippen molar-refractivity contribution in [3.8, 4) is 5.75 Å². The highest BCUT2D eigenvalue weighted by molar-refractivity contribution is 8.15. The Bertz CT molecular complexity index is 856. The zero-order valence-electron chi connectivity index (χ0n) is 12.9. The zero-order chi connectivity index (χ0) is 17.6. The number of halogens is 2. The largest absolute Gasteiger partial charge is 0.488 e. The minimum atomic E-state index is -0.0671. The molecule has 0 atom stereocenters. The van der Waals surface area contributed by atoms with E-state index in [1.807, 2.05) is 30.3 Å². The molecule has 0 bridgehead atoms. The van der Waals surface area contributed by atoms with Crippen LogP contribution in [0.15, 0.2) is 52.7 Å². The number of nitrogens with zero attached hydrogens (tertiary/aromatic N) is 2. The summed E-state index contributed by atoms with van der Waals surface area (Å²) in [5.74, 6) is 0.957. The number of benzene rings is 2. The SMILES string of the molecule is O=C1CSC(=NN=Cc2ccccc2OCc2ccc(Cl)cc2Cl)N1. The second-order valence-corrected chi connectivity index (χ2v) is 6.86. The fraction of sp³-hybridized carbons (Fsp3) is 0.118. The predicted octanol–water partition coefficient (Wildman–Crippen LogP) is 4.13. The minimum absolute atomic E-state index is 0.0671. The smallest absolute Gasteiger partial charge is 0.236 e. The van der Waals surface area contributed by atoms with E-state index in [9.17, 15) is 4.79 Å². The number of ether oxygens (including phenoxy) is 1. The Morgan fingerprint density at radius 2 is 2.08 bits per heavy atom.